The molecule has 0 spiro atoms. The van der Waals surface area contributed by atoms with Crippen molar-refractivity contribution in [3.05, 3.63) is 62.0 Å². The van der Waals surface area contributed by atoms with Gasteiger partial charge >= 0.3 is 5.97 Å². The van der Waals surface area contributed by atoms with Gasteiger partial charge in [-0.1, -0.05) is 0 Å². The van der Waals surface area contributed by atoms with Gasteiger partial charge in [-0.2, -0.15) is 5.26 Å². The number of aromatic nitrogens is 1. The van der Waals surface area contributed by atoms with Gasteiger partial charge in [0.1, 0.15) is 5.56 Å². The molecule has 0 aliphatic carbocycles. The zero-order valence-corrected chi connectivity index (χ0v) is 12.0. The summed E-state index contributed by atoms with van der Waals surface area (Å²) in [5, 5.41) is 17.9. The van der Waals surface area contributed by atoms with Gasteiger partial charge < -0.3 is 5.11 Å². The van der Waals surface area contributed by atoms with Crippen LogP contribution in [0.2, 0.25) is 0 Å². The Morgan fingerprint density at radius 3 is 2.45 bits per heavy atom. The van der Waals surface area contributed by atoms with Crippen LogP contribution in [-0.2, 0) is 0 Å². The molecular formula is C14H9BrN2O3. The summed E-state index contributed by atoms with van der Waals surface area (Å²) >= 11 is 3.25. The van der Waals surface area contributed by atoms with E-state index in [9.17, 15) is 9.59 Å². The van der Waals surface area contributed by atoms with Gasteiger partial charge in [0.15, 0.2) is 0 Å². The van der Waals surface area contributed by atoms with E-state index in [1.807, 2.05) is 6.07 Å². The predicted molar refractivity (Wildman–Crippen MR) is 76.2 cm³/mol. The van der Waals surface area contributed by atoms with Gasteiger partial charge in [-0.25, -0.2) is 4.79 Å². The number of halogens is 1. The lowest BCUT2D eigenvalue weighted by molar-refractivity contribution is 0.0693. The number of rotatable bonds is 2. The van der Waals surface area contributed by atoms with Crippen LogP contribution in [0.1, 0.15) is 21.5 Å². The number of nitriles is 1. The van der Waals surface area contributed by atoms with E-state index in [-0.39, 0.29) is 5.56 Å². The normalized spacial score (nSPS) is 10.1. The fourth-order valence-corrected chi connectivity index (χ4v) is 2.21. The summed E-state index contributed by atoms with van der Waals surface area (Å²) in [5.74, 6) is -1.27. The van der Waals surface area contributed by atoms with E-state index in [1.54, 1.807) is 31.2 Å². The van der Waals surface area contributed by atoms with E-state index in [2.05, 4.69) is 15.9 Å². The number of carboxylic acids is 1. The van der Waals surface area contributed by atoms with Gasteiger partial charge in [0.05, 0.1) is 11.6 Å². The van der Waals surface area contributed by atoms with E-state index in [0.717, 1.165) is 0 Å². The van der Waals surface area contributed by atoms with Crippen molar-refractivity contribution in [2.24, 2.45) is 0 Å². The topological polar surface area (TPSA) is 83.1 Å². The van der Waals surface area contributed by atoms with Crippen molar-refractivity contribution in [3.8, 4) is 11.8 Å². The average molecular weight is 333 g/mol. The summed E-state index contributed by atoms with van der Waals surface area (Å²) in [4.78, 5) is 23.4. The quantitative estimate of drug-likeness (QED) is 0.915. The van der Waals surface area contributed by atoms with E-state index in [0.29, 0.717) is 21.3 Å². The molecule has 0 atom stereocenters. The first-order chi connectivity index (χ1) is 9.45. The lowest BCUT2D eigenvalue weighted by atomic mass is 10.1. The third-order valence-electron chi connectivity index (χ3n) is 2.90. The van der Waals surface area contributed by atoms with Crippen LogP contribution in [0.3, 0.4) is 0 Å². The molecule has 6 heteroatoms. The van der Waals surface area contributed by atoms with Crippen LogP contribution >= 0.6 is 15.9 Å². The number of hydrogen-bond acceptors (Lipinski definition) is 3. The SMILES string of the molecule is Cc1c(Br)cn(-c2ccc(C#N)cc2)c(=O)c1C(=O)O. The Kier molecular flexibility index (Phi) is 3.72. The van der Waals surface area contributed by atoms with Crippen molar-refractivity contribution < 1.29 is 9.90 Å². The average Bonchev–Trinajstić information content (AvgIpc) is 2.43. The van der Waals surface area contributed by atoms with E-state index in [1.165, 1.54) is 10.8 Å². The zero-order chi connectivity index (χ0) is 14.9. The fourth-order valence-electron chi connectivity index (χ4n) is 1.81. The molecule has 100 valence electrons. The van der Waals surface area contributed by atoms with Crippen molar-refractivity contribution in [1.29, 1.82) is 5.26 Å². The van der Waals surface area contributed by atoms with Gasteiger partial charge in [0.2, 0.25) is 0 Å². The summed E-state index contributed by atoms with van der Waals surface area (Å²) in [6, 6.07) is 8.29. The van der Waals surface area contributed by atoms with Crippen molar-refractivity contribution in [2.75, 3.05) is 0 Å². The summed E-state index contributed by atoms with van der Waals surface area (Å²) in [7, 11) is 0. The Morgan fingerprint density at radius 2 is 1.95 bits per heavy atom. The molecule has 1 aromatic heterocycles. The number of pyridine rings is 1. The second kappa shape index (κ2) is 5.31. The van der Waals surface area contributed by atoms with Crippen LogP contribution < -0.4 is 5.56 Å². The minimum atomic E-state index is -1.27. The molecule has 1 heterocycles. The first kappa shape index (κ1) is 14.0. The number of carboxylic acid groups (broad SMARTS) is 1. The monoisotopic (exact) mass is 332 g/mol. The Hall–Kier alpha value is -2.39. The highest BCUT2D eigenvalue weighted by molar-refractivity contribution is 9.10. The van der Waals surface area contributed by atoms with Gasteiger partial charge in [-0.3, -0.25) is 9.36 Å². The van der Waals surface area contributed by atoms with Crippen LogP contribution in [-0.4, -0.2) is 15.6 Å². The minimum Gasteiger partial charge on any atom is -0.477 e. The van der Waals surface area contributed by atoms with Crippen molar-refractivity contribution >= 4 is 21.9 Å². The second-order valence-corrected chi connectivity index (χ2v) is 4.97. The number of benzene rings is 1. The van der Waals surface area contributed by atoms with Crippen LogP contribution in [0.5, 0.6) is 0 Å². The van der Waals surface area contributed by atoms with Gasteiger partial charge in [0, 0.05) is 16.4 Å². The first-order valence-electron chi connectivity index (χ1n) is 5.61. The molecule has 0 aliphatic heterocycles. The highest BCUT2D eigenvalue weighted by Gasteiger charge is 2.18. The smallest absolute Gasteiger partial charge is 0.341 e. The first-order valence-corrected chi connectivity index (χ1v) is 6.40. The third kappa shape index (κ3) is 2.36. The standard InChI is InChI=1S/C14H9BrN2O3/c1-8-11(15)7-17(13(18)12(8)14(19)20)10-4-2-9(6-16)3-5-10/h2-5,7H,1H3,(H,19,20). The largest absolute Gasteiger partial charge is 0.477 e. The molecule has 0 bridgehead atoms. The molecule has 0 amide bonds. The van der Waals surface area contributed by atoms with Crippen LogP contribution in [0.4, 0.5) is 0 Å². The third-order valence-corrected chi connectivity index (χ3v) is 3.70. The predicted octanol–water partition coefficient (Wildman–Crippen LogP) is 2.48. The summed E-state index contributed by atoms with van der Waals surface area (Å²) in [6.07, 6.45) is 1.52. The van der Waals surface area contributed by atoms with Gasteiger partial charge in [0.25, 0.3) is 5.56 Å². The Balaban J connectivity index is 2.72. The highest BCUT2D eigenvalue weighted by Crippen LogP contribution is 2.19. The number of nitrogens with zero attached hydrogens (tertiary/aromatic N) is 2. The van der Waals surface area contributed by atoms with E-state index < -0.39 is 11.5 Å². The highest BCUT2D eigenvalue weighted by atomic mass is 79.9. The Morgan fingerprint density at radius 1 is 1.35 bits per heavy atom. The molecule has 20 heavy (non-hydrogen) atoms. The maximum atomic E-state index is 12.2. The molecule has 2 aromatic rings. The van der Waals surface area contributed by atoms with Crippen molar-refractivity contribution in [2.45, 2.75) is 6.92 Å². The lowest BCUT2D eigenvalue weighted by Gasteiger charge is -2.10. The molecule has 0 unspecified atom stereocenters. The summed E-state index contributed by atoms with van der Waals surface area (Å²) in [5.41, 5.74) is 0.461. The zero-order valence-electron chi connectivity index (χ0n) is 10.4. The Bertz CT molecular complexity index is 786. The molecule has 1 aromatic carbocycles. The molecule has 5 nitrogen and oxygen atoms in total. The summed E-state index contributed by atoms with van der Waals surface area (Å²) in [6.45, 7) is 1.57. The maximum absolute atomic E-state index is 12.2. The second-order valence-electron chi connectivity index (χ2n) is 4.12. The van der Waals surface area contributed by atoms with Crippen molar-refractivity contribution in [1.82, 2.24) is 4.57 Å². The summed E-state index contributed by atoms with van der Waals surface area (Å²) < 4.78 is 1.76. The molecule has 0 aliphatic rings. The molecule has 1 N–H and O–H groups in total. The van der Waals surface area contributed by atoms with Gasteiger partial charge in [-0.05, 0) is 52.7 Å². The van der Waals surface area contributed by atoms with E-state index >= 15 is 0 Å². The lowest BCUT2D eigenvalue weighted by Crippen LogP contribution is -2.26. The minimum absolute atomic E-state index is 0.274. The fraction of sp³-hybridized carbons (Fsp3) is 0.0714. The number of aromatic carboxylic acids is 1. The number of carbonyl (C=O) groups is 1. The van der Waals surface area contributed by atoms with Crippen molar-refractivity contribution in [3.63, 3.8) is 0 Å². The molecule has 0 fully saturated rings. The van der Waals surface area contributed by atoms with Crippen LogP contribution in [0, 0.1) is 18.3 Å². The molecule has 0 saturated carbocycles. The van der Waals surface area contributed by atoms with Crippen LogP contribution in [0.15, 0.2) is 39.7 Å². The van der Waals surface area contributed by atoms with Gasteiger partial charge in [-0.15, -0.1) is 0 Å². The maximum Gasteiger partial charge on any atom is 0.341 e. The number of hydrogen-bond donors (Lipinski definition) is 1. The molecule has 0 radical (unpaired) electrons. The molecule has 0 saturated heterocycles. The molecular weight excluding hydrogens is 324 g/mol. The Labute approximate surface area is 122 Å². The molecule has 2 rings (SSSR count). The van der Waals surface area contributed by atoms with Crippen LogP contribution in [0.25, 0.3) is 5.69 Å². The van der Waals surface area contributed by atoms with E-state index in [4.69, 9.17) is 10.4 Å².